The standard InChI is InChI=1S/C27H40O6/c1-5-8-9-20(4)31-23-14-16-25(17-15-23)33-27(18-28)26(29)19-30-22-10-12-24(13-11-22)32-21(6-2)7-3/h10-17,20-21,26-29H,5-9,18-19H2,1-4H3. The minimum Gasteiger partial charge on any atom is -0.491 e. The first-order chi connectivity index (χ1) is 16.0. The first kappa shape index (κ1) is 26.8. The van der Waals surface area contributed by atoms with Crippen molar-refractivity contribution in [2.75, 3.05) is 13.2 Å². The average molecular weight is 461 g/mol. The maximum atomic E-state index is 10.5. The zero-order chi connectivity index (χ0) is 24.1. The molecular weight excluding hydrogens is 420 g/mol. The molecule has 0 aliphatic carbocycles. The largest absolute Gasteiger partial charge is 0.491 e. The third kappa shape index (κ3) is 9.52. The van der Waals surface area contributed by atoms with E-state index in [9.17, 15) is 10.2 Å². The van der Waals surface area contributed by atoms with E-state index in [0.29, 0.717) is 11.5 Å². The van der Waals surface area contributed by atoms with Crippen molar-refractivity contribution < 1.29 is 29.2 Å². The van der Waals surface area contributed by atoms with Crippen molar-refractivity contribution in [3.05, 3.63) is 48.5 Å². The second-order valence-electron chi connectivity index (χ2n) is 8.29. The predicted molar refractivity (Wildman–Crippen MR) is 131 cm³/mol. The zero-order valence-electron chi connectivity index (χ0n) is 20.4. The second-order valence-corrected chi connectivity index (χ2v) is 8.29. The summed E-state index contributed by atoms with van der Waals surface area (Å²) in [5.74, 6) is 2.72. The number of unbranched alkanes of at least 4 members (excludes halogenated alkanes) is 1. The Kier molecular flexibility index (Phi) is 11.9. The maximum Gasteiger partial charge on any atom is 0.151 e. The fraction of sp³-hybridized carbons (Fsp3) is 0.556. The van der Waals surface area contributed by atoms with E-state index < -0.39 is 12.2 Å². The molecule has 33 heavy (non-hydrogen) atoms. The third-order valence-corrected chi connectivity index (χ3v) is 5.48. The number of benzene rings is 2. The molecule has 0 spiro atoms. The first-order valence-electron chi connectivity index (χ1n) is 12.1. The van der Waals surface area contributed by atoms with Gasteiger partial charge < -0.3 is 29.2 Å². The molecule has 2 aromatic rings. The minimum absolute atomic E-state index is 0.00584. The van der Waals surface area contributed by atoms with E-state index in [4.69, 9.17) is 18.9 Å². The molecule has 0 radical (unpaired) electrons. The molecule has 2 rings (SSSR count). The summed E-state index contributed by atoms with van der Waals surface area (Å²) < 4.78 is 23.2. The van der Waals surface area contributed by atoms with Gasteiger partial charge in [0, 0.05) is 0 Å². The molecule has 0 saturated carbocycles. The number of hydrogen-bond acceptors (Lipinski definition) is 6. The Morgan fingerprint density at radius 2 is 1.27 bits per heavy atom. The van der Waals surface area contributed by atoms with Gasteiger partial charge in [-0.05, 0) is 74.7 Å². The van der Waals surface area contributed by atoms with Crippen LogP contribution in [0.1, 0.15) is 59.8 Å². The first-order valence-corrected chi connectivity index (χ1v) is 12.1. The fourth-order valence-electron chi connectivity index (χ4n) is 3.34. The monoisotopic (exact) mass is 460 g/mol. The van der Waals surface area contributed by atoms with Gasteiger partial charge >= 0.3 is 0 Å². The molecular formula is C27H40O6. The summed E-state index contributed by atoms with van der Waals surface area (Å²) in [5, 5.41) is 20.2. The summed E-state index contributed by atoms with van der Waals surface area (Å²) in [6.07, 6.45) is 3.75. The lowest BCUT2D eigenvalue weighted by Crippen LogP contribution is -2.39. The summed E-state index contributed by atoms with van der Waals surface area (Å²) >= 11 is 0. The van der Waals surface area contributed by atoms with Crippen LogP contribution in [0, 0.1) is 0 Å². The number of hydrogen-bond donors (Lipinski definition) is 2. The van der Waals surface area contributed by atoms with Gasteiger partial charge in [0.1, 0.15) is 35.7 Å². The SMILES string of the molecule is CCCCC(C)Oc1ccc(OC(CO)C(O)COc2ccc(OC(CC)CC)cc2)cc1. The van der Waals surface area contributed by atoms with E-state index in [1.54, 1.807) is 24.3 Å². The quantitative estimate of drug-likeness (QED) is 0.350. The van der Waals surface area contributed by atoms with E-state index in [1.807, 2.05) is 24.3 Å². The molecule has 0 bridgehead atoms. The maximum absolute atomic E-state index is 10.5. The Labute approximate surface area is 198 Å². The Morgan fingerprint density at radius 1 is 0.758 bits per heavy atom. The van der Waals surface area contributed by atoms with Crippen molar-refractivity contribution in [2.45, 2.75) is 84.2 Å². The molecule has 3 atom stereocenters. The molecule has 0 fully saturated rings. The van der Waals surface area contributed by atoms with Crippen molar-refractivity contribution in [1.82, 2.24) is 0 Å². The highest BCUT2D eigenvalue weighted by atomic mass is 16.5. The van der Waals surface area contributed by atoms with Gasteiger partial charge in [-0.25, -0.2) is 0 Å². The highest BCUT2D eigenvalue weighted by Gasteiger charge is 2.21. The van der Waals surface area contributed by atoms with Crippen LogP contribution in [0.3, 0.4) is 0 Å². The van der Waals surface area contributed by atoms with Crippen LogP contribution in [-0.4, -0.2) is 47.8 Å². The molecule has 6 heteroatoms. The van der Waals surface area contributed by atoms with Crippen molar-refractivity contribution in [3.63, 3.8) is 0 Å². The number of rotatable bonds is 16. The van der Waals surface area contributed by atoms with Gasteiger partial charge in [-0.2, -0.15) is 0 Å². The van der Waals surface area contributed by atoms with Gasteiger partial charge in [0.15, 0.2) is 6.10 Å². The topological polar surface area (TPSA) is 77.4 Å². The minimum atomic E-state index is -1.000. The molecule has 3 unspecified atom stereocenters. The summed E-state index contributed by atoms with van der Waals surface area (Å²) in [6, 6.07) is 14.5. The number of aliphatic hydroxyl groups is 2. The smallest absolute Gasteiger partial charge is 0.151 e. The van der Waals surface area contributed by atoms with Gasteiger partial charge in [0.25, 0.3) is 0 Å². The van der Waals surface area contributed by atoms with E-state index in [-0.39, 0.29) is 25.4 Å². The molecule has 0 aliphatic heterocycles. The number of aliphatic hydroxyl groups excluding tert-OH is 2. The molecule has 0 aliphatic rings. The van der Waals surface area contributed by atoms with Crippen molar-refractivity contribution in [3.8, 4) is 23.0 Å². The van der Waals surface area contributed by atoms with E-state index in [1.165, 1.54) is 0 Å². The molecule has 0 aromatic heterocycles. The van der Waals surface area contributed by atoms with Gasteiger partial charge in [-0.3, -0.25) is 0 Å². The van der Waals surface area contributed by atoms with Gasteiger partial charge in [0.05, 0.1) is 18.8 Å². The fourth-order valence-corrected chi connectivity index (χ4v) is 3.34. The third-order valence-electron chi connectivity index (χ3n) is 5.48. The summed E-state index contributed by atoms with van der Waals surface area (Å²) in [5.41, 5.74) is 0. The average Bonchev–Trinajstić information content (AvgIpc) is 2.84. The van der Waals surface area contributed by atoms with Crippen molar-refractivity contribution >= 4 is 0 Å². The van der Waals surface area contributed by atoms with Crippen LogP contribution in [0.15, 0.2) is 48.5 Å². The molecule has 0 heterocycles. The second kappa shape index (κ2) is 14.7. The van der Waals surface area contributed by atoms with Crippen molar-refractivity contribution in [2.24, 2.45) is 0 Å². The van der Waals surface area contributed by atoms with E-state index in [2.05, 4.69) is 27.7 Å². The Hall–Kier alpha value is -2.44. The molecule has 0 saturated heterocycles. The van der Waals surface area contributed by atoms with Gasteiger partial charge in [-0.15, -0.1) is 0 Å². The lowest BCUT2D eigenvalue weighted by molar-refractivity contribution is -0.0202. The molecule has 0 amide bonds. The highest BCUT2D eigenvalue weighted by molar-refractivity contribution is 5.32. The number of ether oxygens (including phenoxy) is 4. The van der Waals surface area contributed by atoms with Crippen LogP contribution in [0.2, 0.25) is 0 Å². The van der Waals surface area contributed by atoms with Crippen LogP contribution in [-0.2, 0) is 0 Å². The lowest BCUT2D eigenvalue weighted by Gasteiger charge is -2.23. The Bertz CT molecular complexity index is 757. The van der Waals surface area contributed by atoms with Crippen LogP contribution >= 0.6 is 0 Å². The molecule has 6 nitrogen and oxygen atoms in total. The molecule has 2 N–H and O–H groups in total. The van der Waals surface area contributed by atoms with E-state index >= 15 is 0 Å². The van der Waals surface area contributed by atoms with Crippen LogP contribution in [0.25, 0.3) is 0 Å². The summed E-state index contributed by atoms with van der Waals surface area (Å²) in [6.45, 7) is 8.09. The van der Waals surface area contributed by atoms with Gasteiger partial charge in [0.2, 0.25) is 0 Å². The Morgan fingerprint density at radius 3 is 1.79 bits per heavy atom. The molecule has 184 valence electrons. The van der Waals surface area contributed by atoms with Crippen LogP contribution in [0.5, 0.6) is 23.0 Å². The van der Waals surface area contributed by atoms with Crippen LogP contribution < -0.4 is 18.9 Å². The van der Waals surface area contributed by atoms with E-state index in [0.717, 1.165) is 43.6 Å². The van der Waals surface area contributed by atoms with Crippen molar-refractivity contribution in [1.29, 1.82) is 0 Å². The molecule has 2 aromatic carbocycles. The highest BCUT2D eigenvalue weighted by Crippen LogP contribution is 2.23. The summed E-state index contributed by atoms with van der Waals surface area (Å²) in [4.78, 5) is 0. The Balaban J connectivity index is 1.82. The van der Waals surface area contributed by atoms with Gasteiger partial charge in [-0.1, -0.05) is 33.6 Å². The van der Waals surface area contributed by atoms with Crippen LogP contribution in [0.4, 0.5) is 0 Å². The zero-order valence-corrected chi connectivity index (χ0v) is 20.4. The lowest BCUT2D eigenvalue weighted by atomic mass is 10.2. The normalized spacial score (nSPS) is 13.9. The summed E-state index contributed by atoms with van der Waals surface area (Å²) in [7, 11) is 0. The predicted octanol–water partition coefficient (Wildman–Crippen LogP) is 5.39.